The number of nitrogens with two attached hydrogens (primary N) is 1. The summed E-state index contributed by atoms with van der Waals surface area (Å²) in [6, 6.07) is 4.00. The van der Waals surface area contributed by atoms with Crippen LogP contribution in [0.1, 0.15) is 32.2 Å². The summed E-state index contributed by atoms with van der Waals surface area (Å²) in [5, 5.41) is 0.819. The lowest BCUT2D eigenvalue weighted by molar-refractivity contribution is -0.121. The van der Waals surface area contributed by atoms with E-state index in [0.29, 0.717) is 5.56 Å². The monoisotopic (exact) mass is 306 g/mol. The maximum atomic E-state index is 12.3. The third kappa shape index (κ3) is 2.85. The van der Waals surface area contributed by atoms with Crippen LogP contribution in [0.15, 0.2) is 12.1 Å². The van der Waals surface area contributed by atoms with Gasteiger partial charge in [-0.15, -0.1) is 11.3 Å². The van der Waals surface area contributed by atoms with Gasteiger partial charge in [0.05, 0.1) is 5.56 Å². The number of esters is 1. The van der Waals surface area contributed by atoms with Gasteiger partial charge in [-0.05, 0) is 45.4 Å². The van der Waals surface area contributed by atoms with Gasteiger partial charge in [0.1, 0.15) is 5.00 Å². The minimum Gasteiger partial charge on any atom is -0.452 e. The number of nitrogens with zero attached hydrogens (tertiary/aromatic N) is 1. The molecule has 0 aromatic carbocycles. The second kappa shape index (κ2) is 5.73. The first-order valence-electron chi connectivity index (χ1n) is 6.53. The van der Waals surface area contributed by atoms with Crippen LogP contribution in [-0.2, 0) is 9.53 Å². The largest absolute Gasteiger partial charge is 0.452 e. The second-order valence-corrected chi connectivity index (χ2v) is 6.16. The van der Waals surface area contributed by atoms with Crippen LogP contribution in [0.25, 0.3) is 5.00 Å². The van der Waals surface area contributed by atoms with E-state index in [-0.39, 0.29) is 0 Å². The van der Waals surface area contributed by atoms with Gasteiger partial charge in [-0.25, -0.2) is 4.79 Å². The van der Waals surface area contributed by atoms with Crippen LogP contribution in [0.2, 0.25) is 0 Å². The molecule has 2 rings (SSSR count). The van der Waals surface area contributed by atoms with E-state index in [1.807, 2.05) is 44.4 Å². The summed E-state index contributed by atoms with van der Waals surface area (Å²) in [6.45, 7) is 7.40. The topological polar surface area (TPSA) is 74.3 Å². The van der Waals surface area contributed by atoms with E-state index >= 15 is 0 Å². The van der Waals surface area contributed by atoms with Gasteiger partial charge >= 0.3 is 5.97 Å². The van der Waals surface area contributed by atoms with Crippen molar-refractivity contribution in [3.05, 3.63) is 39.5 Å². The Morgan fingerprint density at radius 2 is 1.76 bits per heavy atom. The molecule has 1 amide bonds. The van der Waals surface area contributed by atoms with Gasteiger partial charge in [0.25, 0.3) is 5.91 Å². The van der Waals surface area contributed by atoms with Gasteiger partial charge < -0.3 is 15.0 Å². The third-order valence-electron chi connectivity index (χ3n) is 3.39. The molecule has 0 aliphatic heterocycles. The number of amides is 1. The normalized spacial score (nSPS) is 10.7. The molecule has 2 heterocycles. The molecule has 0 saturated heterocycles. The average Bonchev–Trinajstić information content (AvgIpc) is 2.88. The predicted molar refractivity (Wildman–Crippen MR) is 82.1 cm³/mol. The van der Waals surface area contributed by atoms with Crippen LogP contribution < -0.4 is 5.73 Å². The van der Waals surface area contributed by atoms with E-state index in [1.165, 1.54) is 11.3 Å². The van der Waals surface area contributed by atoms with E-state index < -0.39 is 18.5 Å². The molecule has 0 unspecified atom stereocenters. The number of aryl methyl sites for hydroxylation is 3. The van der Waals surface area contributed by atoms with Crippen molar-refractivity contribution >= 4 is 23.2 Å². The van der Waals surface area contributed by atoms with Crippen molar-refractivity contribution in [2.45, 2.75) is 27.7 Å². The highest BCUT2D eigenvalue weighted by Crippen LogP contribution is 2.33. The summed E-state index contributed by atoms with van der Waals surface area (Å²) in [5.41, 5.74) is 8.48. The molecule has 2 N–H and O–H groups in total. The standard InChI is InChI=1S/C15H18N2O3S/c1-8-5-6-9(2)17(8)14-13(10(3)11(4)21-14)15(19)20-7-12(16)18/h5-6H,7H2,1-4H3,(H2,16,18). The molecule has 0 radical (unpaired) electrons. The molecular weight excluding hydrogens is 288 g/mol. The van der Waals surface area contributed by atoms with E-state index in [0.717, 1.165) is 26.8 Å². The Bertz CT molecular complexity index is 693. The molecule has 2 aromatic heterocycles. The zero-order valence-electron chi connectivity index (χ0n) is 12.5. The van der Waals surface area contributed by atoms with Crippen molar-refractivity contribution in [1.82, 2.24) is 4.57 Å². The smallest absolute Gasteiger partial charge is 0.341 e. The molecular formula is C15H18N2O3S. The lowest BCUT2D eigenvalue weighted by atomic mass is 10.1. The van der Waals surface area contributed by atoms with Crippen molar-refractivity contribution in [3.63, 3.8) is 0 Å². The zero-order chi connectivity index (χ0) is 15.7. The Kier molecular flexibility index (Phi) is 4.18. The van der Waals surface area contributed by atoms with Crippen LogP contribution >= 0.6 is 11.3 Å². The quantitative estimate of drug-likeness (QED) is 0.881. The lowest BCUT2D eigenvalue weighted by Gasteiger charge is -2.10. The van der Waals surface area contributed by atoms with E-state index in [2.05, 4.69) is 0 Å². The van der Waals surface area contributed by atoms with Crippen molar-refractivity contribution in [2.75, 3.05) is 6.61 Å². The van der Waals surface area contributed by atoms with Gasteiger partial charge in [-0.3, -0.25) is 4.79 Å². The fourth-order valence-electron chi connectivity index (χ4n) is 2.20. The lowest BCUT2D eigenvalue weighted by Crippen LogP contribution is -2.21. The summed E-state index contributed by atoms with van der Waals surface area (Å²) in [4.78, 5) is 24.1. The van der Waals surface area contributed by atoms with Crippen LogP contribution in [0.4, 0.5) is 0 Å². The average molecular weight is 306 g/mol. The number of hydrogen-bond donors (Lipinski definition) is 1. The Balaban J connectivity index is 2.51. The summed E-state index contributed by atoms with van der Waals surface area (Å²) in [6.07, 6.45) is 0. The van der Waals surface area contributed by atoms with E-state index in [1.54, 1.807) is 0 Å². The van der Waals surface area contributed by atoms with Crippen LogP contribution in [-0.4, -0.2) is 23.1 Å². The molecule has 112 valence electrons. The Hall–Kier alpha value is -2.08. The molecule has 0 bridgehead atoms. The molecule has 0 atom stereocenters. The van der Waals surface area contributed by atoms with Crippen LogP contribution in [0, 0.1) is 27.7 Å². The highest BCUT2D eigenvalue weighted by Gasteiger charge is 2.23. The second-order valence-electron chi connectivity index (χ2n) is 4.96. The number of rotatable bonds is 4. The molecule has 2 aromatic rings. The summed E-state index contributed by atoms with van der Waals surface area (Å²) in [7, 11) is 0. The molecule has 0 spiro atoms. The Morgan fingerprint density at radius 3 is 2.29 bits per heavy atom. The maximum absolute atomic E-state index is 12.3. The molecule has 0 fully saturated rings. The Morgan fingerprint density at radius 1 is 1.19 bits per heavy atom. The van der Waals surface area contributed by atoms with Crippen LogP contribution in [0.5, 0.6) is 0 Å². The Labute approximate surface area is 127 Å². The third-order valence-corrected chi connectivity index (χ3v) is 4.58. The fourth-order valence-corrected chi connectivity index (χ4v) is 3.47. The van der Waals surface area contributed by atoms with Crippen molar-refractivity contribution in [3.8, 4) is 5.00 Å². The number of aromatic nitrogens is 1. The van der Waals surface area contributed by atoms with Gasteiger partial charge in [-0.1, -0.05) is 0 Å². The number of hydrogen-bond acceptors (Lipinski definition) is 4. The highest BCUT2D eigenvalue weighted by molar-refractivity contribution is 7.15. The van der Waals surface area contributed by atoms with Gasteiger partial charge in [0, 0.05) is 16.3 Å². The van der Waals surface area contributed by atoms with Gasteiger partial charge in [-0.2, -0.15) is 0 Å². The van der Waals surface area contributed by atoms with E-state index in [4.69, 9.17) is 10.5 Å². The molecule has 0 aliphatic rings. The number of carbonyl (C=O) groups excluding carboxylic acids is 2. The van der Waals surface area contributed by atoms with Crippen molar-refractivity contribution in [1.29, 1.82) is 0 Å². The van der Waals surface area contributed by atoms with Crippen LogP contribution in [0.3, 0.4) is 0 Å². The van der Waals surface area contributed by atoms with Crippen molar-refractivity contribution in [2.24, 2.45) is 5.73 Å². The number of thiophene rings is 1. The molecule has 21 heavy (non-hydrogen) atoms. The molecule has 0 aliphatic carbocycles. The molecule has 6 heteroatoms. The summed E-state index contributed by atoms with van der Waals surface area (Å²) in [5.74, 6) is -1.18. The minimum atomic E-state index is -0.664. The summed E-state index contributed by atoms with van der Waals surface area (Å²) >= 11 is 1.54. The zero-order valence-corrected chi connectivity index (χ0v) is 13.3. The number of primary amides is 1. The SMILES string of the molecule is Cc1sc(-n2c(C)ccc2C)c(C(=O)OCC(N)=O)c1C. The minimum absolute atomic E-state index is 0.406. The first-order chi connectivity index (χ1) is 9.82. The van der Waals surface area contributed by atoms with Gasteiger partial charge in [0.15, 0.2) is 6.61 Å². The first kappa shape index (κ1) is 15.3. The fraction of sp³-hybridized carbons (Fsp3) is 0.333. The highest BCUT2D eigenvalue weighted by atomic mass is 32.1. The van der Waals surface area contributed by atoms with Gasteiger partial charge in [0.2, 0.25) is 0 Å². The molecule has 5 nitrogen and oxygen atoms in total. The number of carbonyl (C=O) groups is 2. The van der Waals surface area contributed by atoms with E-state index in [9.17, 15) is 9.59 Å². The number of ether oxygens (including phenoxy) is 1. The first-order valence-corrected chi connectivity index (χ1v) is 7.35. The maximum Gasteiger partial charge on any atom is 0.341 e. The predicted octanol–water partition coefficient (Wildman–Crippen LogP) is 2.41. The molecule has 0 saturated carbocycles. The van der Waals surface area contributed by atoms with Crippen molar-refractivity contribution < 1.29 is 14.3 Å². The summed E-state index contributed by atoms with van der Waals surface area (Å²) < 4.78 is 7.00.